The van der Waals surface area contributed by atoms with E-state index in [0.29, 0.717) is 23.3 Å². The molecule has 0 fully saturated rings. The average Bonchev–Trinajstić information content (AvgIpc) is 2.85. The first-order valence-electron chi connectivity index (χ1n) is 7.60. The summed E-state index contributed by atoms with van der Waals surface area (Å²) in [6, 6.07) is 5.15. The van der Waals surface area contributed by atoms with Crippen molar-refractivity contribution in [1.29, 1.82) is 0 Å². The summed E-state index contributed by atoms with van der Waals surface area (Å²) in [5.41, 5.74) is 0.707. The molecule has 0 aliphatic carbocycles. The predicted molar refractivity (Wildman–Crippen MR) is 87.0 cm³/mol. The number of aliphatic hydroxyl groups excluding tert-OH is 1. The van der Waals surface area contributed by atoms with Crippen LogP contribution in [0.15, 0.2) is 22.6 Å². The van der Waals surface area contributed by atoms with Crippen molar-refractivity contribution in [2.75, 3.05) is 13.2 Å². The molecule has 6 nitrogen and oxygen atoms in total. The van der Waals surface area contributed by atoms with Gasteiger partial charge in [-0.3, -0.25) is 0 Å². The van der Waals surface area contributed by atoms with Gasteiger partial charge in [0.15, 0.2) is 0 Å². The third kappa shape index (κ3) is 4.24. The van der Waals surface area contributed by atoms with E-state index in [1.807, 2.05) is 0 Å². The van der Waals surface area contributed by atoms with Gasteiger partial charge in [-0.05, 0) is 45.9 Å². The fourth-order valence-electron chi connectivity index (χ4n) is 2.34. The minimum Gasteiger partial charge on any atom is -0.493 e. The summed E-state index contributed by atoms with van der Waals surface area (Å²) in [5, 5.41) is 22.5. The summed E-state index contributed by atoms with van der Waals surface area (Å²) in [6.07, 6.45) is 0.811. The van der Waals surface area contributed by atoms with Crippen LogP contribution in [-0.4, -0.2) is 34.9 Å². The molecule has 3 N–H and O–H groups in total. The number of aromatic carboxylic acids is 1. The van der Waals surface area contributed by atoms with E-state index in [1.165, 1.54) is 0 Å². The number of fused-ring (bicyclic) bond motifs is 1. The lowest BCUT2D eigenvalue weighted by atomic mass is 10.1. The molecule has 2 aromatic rings. The summed E-state index contributed by atoms with van der Waals surface area (Å²) < 4.78 is 11.1. The van der Waals surface area contributed by atoms with Crippen molar-refractivity contribution in [3.05, 3.63) is 29.5 Å². The molecule has 126 valence electrons. The maximum Gasteiger partial charge on any atom is 0.372 e. The lowest BCUT2D eigenvalue weighted by Crippen LogP contribution is -2.36. The van der Waals surface area contributed by atoms with Gasteiger partial charge in [0.25, 0.3) is 0 Å². The van der Waals surface area contributed by atoms with Gasteiger partial charge < -0.3 is 24.7 Å². The second kappa shape index (κ2) is 7.02. The molecule has 0 bridgehead atoms. The van der Waals surface area contributed by atoms with Crippen molar-refractivity contribution < 1.29 is 24.2 Å². The Bertz CT molecular complexity index is 684. The van der Waals surface area contributed by atoms with Crippen LogP contribution < -0.4 is 10.1 Å². The summed E-state index contributed by atoms with van der Waals surface area (Å²) in [4.78, 5) is 11.2. The summed E-state index contributed by atoms with van der Waals surface area (Å²) in [6.45, 7) is 7.18. The molecule has 0 spiro atoms. The lowest BCUT2D eigenvalue weighted by Gasteiger charge is -2.20. The molecule has 6 heteroatoms. The predicted octanol–water partition coefficient (Wildman–Crippen LogP) is 2.78. The van der Waals surface area contributed by atoms with E-state index < -0.39 is 12.6 Å². The third-order valence-corrected chi connectivity index (χ3v) is 3.36. The van der Waals surface area contributed by atoms with E-state index in [-0.39, 0.29) is 16.9 Å². The van der Waals surface area contributed by atoms with Crippen molar-refractivity contribution >= 4 is 16.9 Å². The van der Waals surface area contributed by atoms with Crippen LogP contribution in [-0.2, 0) is 6.61 Å². The highest BCUT2D eigenvalue weighted by molar-refractivity contribution is 5.97. The molecule has 0 aliphatic rings. The van der Waals surface area contributed by atoms with Crippen LogP contribution in [0.5, 0.6) is 5.75 Å². The van der Waals surface area contributed by atoms with Crippen molar-refractivity contribution in [3.63, 3.8) is 0 Å². The standard InChI is InChI=1S/C17H23NO5/c1-17(2,3)18-8-5-9-22-12-6-4-7-13-14(12)11(10-19)15(23-13)16(20)21/h4,6-7,18-19H,5,8-10H2,1-3H3,(H,20,21). The molecule has 0 saturated carbocycles. The Kier molecular flexibility index (Phi) is 5.28. The smallest absolute Gasteiger partial charge is 0.372 e. The molecule has 0 atom stereocenters. The first-order valence-corrected chi connectivity index (χ1v) is 7.60. The van der Waals surface area contributed by atoms with Crippen molar-refractivity contribution in [2.24, 2.45) is 0 Å². The lowest BCUT2D eigenvalue weighted by molar-refractivity contribution is 0.0660. The normalized spacial score (nSPS) is 11.8. The average molecular weight is 321 g/mol. The number of ether oxygens (including phenoxy) is 1. The van der Waals surface area contributed by atoms with Gasteiger partial charge in [-0.25, -0.2) is 4.79 Å². The topological polar surface area (TPSA) is 91.9 Å². The molecule has 0 aliphatic heterocycles. The maximum absolute atomic E-state index is 11.2. The molecule has 0 amide bonds. The van der Waals surface area contributed by atoms with E-state index in [2.05, 4.69) is 26.1 Å². The number of hydrogen-bond acceptors (Lipinski definition) is 5. The van der Waals surface area contributed by atoms with Crippen molar-refractivity contribution in [2.45, 2.75) is 39.3 Å². The highest BCUT2D eigenvalue weighted by atomic mass is 16.5. The Morgan fingerprint density at radius 3 is 2.70 bits per heavy atom. The zero-order valence-corrected chi connectivity index (χ0v) is 13.7. The number of carbonyl (C=O) groups is 1. The molecular weight excluding hydrogens is 298 g/mol. The number of carboxylic acids is 1. The highest BCUT2D eigenvalue weighted by Crippen LogP contribution is 2.33. The number of nitrogens with one attached hydrogen (secondary N) is 1. The van der Waals surface area contributed by atoms with Gasteiger partial charge in [0.05, 0.1) is 18.6 Å². The Labute approximate surface area is 135 Å². The molecule has 0 radical (unpaired) electrons. The third-order valence-electron chi connectivity index (χ3n) is 3.36. The van der Waals surface area contributed by atoms with Gasteiger partial charge in [-0.15, -0.1) is 0 Å². The zero-order chi connectivity index (χ0) is 17.0. The van der Waals surface area contributed by atoms with Gasteiger partial charge in [-0.2, -0.15) is 0 Å². The van der Waals surface area contributed by atoms with Gasteiger partial charge in [0.1, 0.15) is 11.3 Å². The van der Waals surface area contributed by atoms with Crippen LogP contribution in [0.3, 0.4) is 0 Å². The second-order valence-corrected chi connectivity index (χ2v) is 6.38. The van der Waals surface area contributed by atoms with Crippen LogP contribution in [0.1, 0.15) is 43.3 Å². The fraction of sp³-hybridized carbons (Fsp3) is 0.471. The van der Waals surface area contributed by atoms with Crippen LogP contribution in [0.4, 0.5) is 0 Å². The van der Waals surface area contributed by atoms with Crippen LogP contribution >= 0.6 is 0 Å². The van der Waals surface area contributed by atoms with E-state index in [1.54, 1.807) is 18.2 Å². The molecule has 23 heavy (non-hydrogen) atoms. The van der Waals surface area contributed by atoms with Gasteiger partial charge in [0, 0.05) is 11.1 Å². The summed E-state index contributed by atoms with van der Waals surface area (Å²) in [7, 11) is 0. The summed E-state index contributed by atoms with van der Waals surface area (Å²) in [5.74, 6) is -0.919. The Morgan fingerprint density at radius 1 is 1.35 bits per heavy atom. The Balaban J connectivity index is 2.13. The zero-order valence-electron chi connectivity index (χ0n) is 13.7. The van der Waals surface area contributed by atoms with E-state index in [9.17, 15) is 9.90 Å². The molecule has 2 rings (SSSR count). The quantitative estimate of drug-likeness (QED) is 0.679. The largest absolute Gasteiger partial charge is 0.493 e. The fourth-order valence-corrected chi connectivity index (χ4v) is 2.34. The Hall–Kier alpha value is -2.05. The molecular formula is C17H23NO5. The number of furan rings is 1. The second-order valence-electron chi connectivity index (χ2n) is 6.38. The van der Waals surface area contributed by atoms with Crippen molar-refractivity contribution in [1.82, 2.24) is 5.32 Å². The van der Waals surface area contributed by atoms with E-state index >= 15 is 0 Å². The summed E-state index contributed by atoms with van der Waals surface area (Å²) >= 11 is 0. The number of benzene rings is 1. The van der Waals surface area contributed by atoms with Crippen LogP contribution in [0.2, 0.25) is 0 Å². The van der Waals surface area contributed by atoms with Crippen molar-refractivity contribution in [3.8, 4) is 5.75 Å². The minimum atomic E-state index is -1.20. The molecule has 1 heterocycles. The first-order chi connectivity index (χ1) is 10.8. The molecule has 0 unspecified atom stereocenters. The van der Waals surface area contributed by atoms with E-state index in [4.69, 9.17) is 14.3 Å². The number of rotatable bonds is 7. The molecule has 0 saturated heterocycles. The SMILES string of the molecule is CC(C)(C)NCCCOc1cccc2oc(C(=O)O)c(CO)c12. The first kappa shape index (κ1) is 17.3. The monoisotopic (exact) mass is 321 g/mol. The number of hydrogen-bond donors (Lipinski definition) is 3. The van der Waals surface area contributed by atoms with Gasteiger partial charge in [-0.1, -0.05) is 6.07 Å². The van der Waals surface area contributed by atoms with Crippen LogP contribution in [0, 0.1) is 0 Å². The Morgan fingerprint density at radius 2 is 2.09 bits per heavy atom. The number of carboxylic acid groups (broad SMARTS) is 1. The molecule has 1 aromatic heterocycles. The van der Waals surface area contributed by atoms with E-state index in [0.717, 1.165) is 13.0 Å². The highest BCUT2D eigenvalue weighted by Gasteiger charge is 2.22. The minimum absolute atomic E-state index is 0.0605. The number of aliphatic hydroxyl groups is 1. The van der Waals surface area contributed by atoms with Gasteiger partial charge >= 0.3 is 5.97 Å². The van der Waals surface area contributed by atoms with Gasteiger partial charge in [0.2, 0.25) is 5.76 Å². The maximum atomic E-state index is 11.2. The molecule has 1 aromatic carbocycles. The van der Waals surface area contributed by atoms with Crippen LogP contribution in [0.25, 0.3) is 11.0 Å².